The van der Waals surface area contributed by atoms with Crippen LogP contribution >= 0.6 is 0 Å². The number of hydroxylamine groups is 2. The van der Waals surface area contributed by atoms with Crippen molar-refractivity contribution in [2.24, 2.45) is 5.73 Å². The molecule has 0 aliphatic carbocycles. The van der Waals surface area contributed by atoms with E-state index in [0.717, 1.165) is 0 Å². The van der Waals surface area contributed by atoms with E-state index in [0.29, 0.717) is 31.0 Å². The summed E-state index contributed by atoms with van der Waals surface area (Å²) in [6.07, 6.45) is 0.993. The highest BCUT2D eigenvalue weighted by molar-refractivity contribution is 7.80. The number of nitrogens with zero attached hydrogens (tertiary/aromatic N) is 2. The Morgan fingerprint density at radius 1 is 1.55 bits per heavy atom. The van der Waals surface area contributed by atoms with Crippen molar-refractivity contribution in [3.63, 3.8) is 0 Å². The molecule has 0 aromatic carbocycles. The van der Waals surface area contributed by atoms with Crippen LogP contribution in [0.2, 0.25) is 0 Å². The van der Waals surface area contributed by atoms with Crippen LogP contribution in [0.25, 0.3) is 0 Å². The van der Waals surface area contributed by atoms with Gasteiger partial charge in [0.25, 0.3) is 0 Å². The van der Waals surface area contributed by atoms with Crippen molar-refractivity contribution in [2.75, 3.05) is 19.6 Å². The van der Waals surface area contributed by atoms with Crippen molar-refractivity contribution in [3.8, 4) is 0 Å². The summed E-state index contributed by atoms with van der Waals surface area (Å²) in [5.41, 5.74) is 5.34. The maximum absolute atomic E-state index is 12.1. The third-order valence-corrected chi connectivity index (χ3v) is 3.64. The zero-order valence-electron chi connectivity index (χ0n) is 10.7. The van der Waals surface area contributed by atoms with Crippen LogP contribution in [0.5, 0.6) is 0 Å². The van der Waals surface area contributed by atoms with E-state index < -0.39 is 28.5 Å². The number of nitrogens with one attached hydrogen (secondary N) is 2. The van der Waals surface area contributed by atoms with Gasteiger partial charge in [0.15, 0.2) is 0 Å². The lowest BCUT2D eigenvalue weighted by Gasteiger charge is -2.30. The molecule has 0 unspecified atom stereocenters. The molecule has 20 heavy (non-hydrogen) atoms. The average molecular weight is 307 g/mol. The largest absolute Gasteiger partial charge is 0.418 e. The van der Waals surface area contributed by atoms with E-state index in [1.165, 1.54) is 4.90 Å². The van der Waals surface area contributed by atoms with E-state index in [4.69, 9.17) is 15.7 Å². The Morgan fingerprint density at radius 3 is 2.85 bits per heavy atom. The van der Waals surface area contributed by atoms with Crippen molar-refractivity contribution in [3.05, 3.63) is 0 Å². The van der Waals surface area contributed by atoms with Crippen LogP contribution in [0.4, 0.5) is 4.79 Å². The zero-order chi connectivity index (χ0) is 14.9. The molecule has 0 spiro atoms. The minimum absolute atomic E-state index is 0.163. The van der Waals surface area contributed by atoms with E-state index in [1.807, 2.05) is 0 Å². The Labute approximate surface area is 116 Å². The molecule has 0 aromatic heterocycles. The summed E-state index contributed by atoms with van der Waals surface area (Å²) in [4.78, 5) is 13.4. The summed E-state index contributed by atoms with van der Waals surface area (Å²) in [5, 5.41) is 11.4. The number of rotatable bonds is 5. The Morgan fingerprint density at radius 2 is 2.25 bits per heavy atom. The minimum Gasteiger partial charge on any atom is -0.371 e. The highest BCUT2D eigenvalue weighted by atomic mass is 32.3. The molecule has 0 radical (unpaired) electrons. The van der Waals surface area contributed by atoms with Crippen molar-refractivity contribution < 1.29 is 22.0 Å². The normalized spacial score (nSPS) is 26.0. The van der Waals surface area contributed by atoms with Gasteiger partial charge in [-0.15, -0.1) is 4.28 Å². The Kier molecular flexibility index (Phi) is 4.13. The lowest BCUT2D eigenvalue weighted by atomic mass is 10.00. The molecule has 2 aliphatic rings. The summed E-state index contributed by atoms with van der Waals surface area (Å²) in [7, 11) is -4.74. The molecule has 2 heterocycles. The fourth-order valence-electron chi connectivity index (χ4n) is 2.46. The van der Waals surface area contributed by atoms with Crippen molar-refractivity contribution in [2.45, 2.75) is 24.9 Å². The lowest BCUT2D eigenvalue weighted by Crippen LogP contribution is -2.50. The maximum atomic E-state index is 12.1. The van der Waals surface area contributed by atoms with Crippen LogP contribution in [-0.4, -0.2) is 66.5 Å². The Bertz CT molecular complexity index is 509. The van der Waals surface area contributed by atoms with Gasteiger partial charge in [0.1, 0.15) is 5.84 Å². The summed E-state index contributed by atoms with van der Waals surface area (Å²) in [6, 6.07) is -1.57. The van der Waals surface area contributed by atoms with Gasteiger partial charge in [-0.3, -0.25) is 9.96 Å². The molecule has 11 heteroatoms. The first-order chi connectivity index (χ1) is 9.33. The number of amidine groups is 1. The number of piperidine rings is 1. The third-order valence-electron chi connectivity index (χ3n) is 3.29. The molecule has 0 aromatic rings. The van der Waals surface area contributed by atoms with Gasteiger partial charge in [-0.05, 0) is 12.8 Å². The first kappa shape index (κ1) is 15.0. The molecule has 114 valence electrons. The second-order valence-corrected chi connectivity index (χ2v) is 5.64. The van der Waals surface area contributed by atoms with Crippen LogP contribution in [0.3, 0.4) is 0 Å². The van der Waals surface area contributed by atoms with Crippen molar-refractivity contribution in [1.29, 1.82) is 5.41 Å². The second-order valence-electron chi connectivity index (χ2n) is 4.64. The molecule has 2 fully saturated rings. The third kappa shape index (κ3) is 3.00. The molecular formula is C9H17N5O5S. The number of carbonyl (C=O) groups excluding carboxylic acids is 1. The quantitative estimate of drug-likeness (QED) is 0.275. The maximum Gasteiger partial charge on any atom is 0.418 e. The van der Waals surface area contributed by atoms with Crippen LogP contribution in [-0.2, 0) is 14.7 Å². The van der Waals surface area contributed by atoms with E-state index in [2.05, 4.69) is 9.60 Å². The Hall–Kier alpha value is -1.43. The molecular weight excluding hydrogens is 290 g/mol. The highest BCUT2D eigenvalue weighted by Gasteiger charge is 2.48. The topological polar surface area (TPSA) is 149 Å². The average Bonchev–Trinajstić information content (AvgIpc) is 2.60. The highest BCUT2D eigenvalue weighted by Crippen LogP contribution is 2.30. The molecule has 5 N–H and O–H groups in total. The number of hydrogen-bond donors (Lipinski definition) is 4. The number of fused-ring (bicyclic) bond motifs is 2. The molecule has 2 rings (SSSR count). The van der Waals surface area contributed by atoms with E-state index in [9.17, 15) is 13.2 Å². The van der Waals surface area contributed by atoms with Gasteiger partial charge in [0.05, 0.1) is 12.1 Å². The van der Waals surface area contributed by atoms with Crippen molar-refractivity contribution >= 4 is 22.3 Å². The number of hydrogen-bond acceptors (Lipinski definition) is 6. The molecule has 2 bridgehead atoms. The fraction of sp³-hybridized carbons (Fsp3) is 0.778. The summed E-state index contributed by atoms with van der Waals surface area (Å²) in [5.74, 6) is 0.163. The zero-order valence-corrected chi connectivity index (χ0v) is 11.5. The molecule has 2 atom stereocenters. The van der Waals surface area contributed by atoms with Crippen LogP contribution in [0.15, 0.2) is 0 Å². The van der Waals surface area contributed by atoms with Gasteiger partial charge in [0, 0.05) is 19.6 Å². The van der Waals surface area contributed by atoms with Gasteiger partial charge in [-0.2, -0.15) is 13.5 Å². The predicted octanol–water partition coefficient (Wildman–Crippen LogP) is -1.49. The van der Waals surface area contributed by atoms with Crippen LogP contribution in [0, 0.1) is 5.41 Å². The fourth-order valence-corrected chi connectivity index (χ4v) is 2.84. The van der Waals surface area contributed by atoms with Gasteiger partial charge < -0.3 is 16.0 Å². The summed E-state index contributed by atoms with van der Waals surface area (Å²) < 4.78 is 34.4. The summed E-state index contributed by atoms with van der Waals surface area (Å²) >= 11 is 0. The number of amides is 2. The van der Waals surface area contributed by atoms with E-state index >= 15 is 0 Å². The predicted molar refractivity (Wildman–Crippen MR) is 68.2 cm³/mol. The monoisotopic (exact) mass is 307 g/mol. The Balaban J connectivity index is 2.07. The van der Waals surface area contributed by atoms with Gasteiger partial charge in [-0.25, -0.2) is 4.79 Å². The van der Waals surface area contributed by atoms with E-state index in [1.54, 1.807) is 0 Å². The second kappa shape index (κ2) is 5.52. The van der Waals surface area contributed by atoms with E-state index in [-0.39, 0.29) is 12.4 Å². The van der Waals surface area contributed by atoms with Gasteiger partial charge in [0.2, 0.25) is 0 Å². The minimum atomic E-state index is -4.74. The summed E-state index contributed by atoms with van der Waals surface area (Å²) in [6.45, 7) is 1.04. The number of urea groups is 1. The van der Waals surface area contributed by atoms with Crippen molar-refractivity contribution in [1.82, 2.24) is 15.3 Å². The number of nitrogens with two attached hydrogens (primary N) is 1. The molecule has 0 saturated carbocycles. The SMILES string of the molecule is N=C(NCCN)[C@@H]1CC[C@@H]2CN1C(=O)N2OS(=O)(=O)O. The number of carbonyl (C=O) groups is 1. The van der Waals surface area contributed by atoms with Gasteiger partial charge in [-0.1, -0.05) is 0 Å². The molecule has 2 amide bonds. The smallest absolute Gasteiger partial charge is 0.371 e. The molecule has 10 nitrogen and oxygen atoms in total. The van der Waals surface area contributed by atoms with Gasteiger partial charge >= 0.3 is 16.4 Å². The lowest BCUT2D eigenvalue weighted by molar-refractivity contribution is -0.0316. The first-order valence-corrected chi connectivity index (χ1v) is 7.49. The molecule has 2 saturated heterocycles. The standard InChI is InChI=1S/C9H17N5O5S/c10-3-4-12-8(11)7-2-1-6-5-13(7)9(15)14(6)19-20(16,17)18/h6-7H,1-5,10H2,(H2,11,12)(H,16,17,18)/t6-,7+/m1/s1. The molecule has 2 aliphatic heterocycles. The van der Waals surface area contributed by atoms with Crippen LogP contribution < -0.4 is 11.1 Å². The first-order valence-electron chi connectivity index (χ1n) is 6.12. The van der Waals surface area contributed by atoms with Crippen LogP contribution in [0.1, 0.15) is 12.8 Å².